The molecule has 7 nitrogen and oxygen atoms in total. The van der Waals surface area contributed by atoms with Crippen molar-refractivity contribution >= 4 is 11.6 Å². The van der Waals surface area contributed by atoms with Gasteiger partial charge in [-0.1, -0.05) is 29.8 Å². The molecule has 26 heavy (non-hydrogen) atoms. The summed E-state index contributed by atoms with van der Waals surface area (Å²) in [6.45, 7) is 5.99. The highest BCUT2D eigenvalue weighted by Gasteiger charge is 2.36. The molecule has 2 aliphatic rings. The first-order valence-electron chi connectivity index (χ1n) is 9.50. The molecule has 2 saturated heterocycles. The molecule has 140 valence electrons. The molecule has 8 heteroatoms. The van der Waals surface area contributed by atoms with Crippen LogP contribution in [-0.2, 0) is 11.3 Å². The van der Waals surface area contributed by atoms with Gasteiger partial charge in [-0.25, -0.2) is 4.68 Å². The number of quaternary nitrogens is 2. The predicted octanol–water partition coefficient (Wildman–Crippen LogP) is -0.992. The van der Waals surface area contributed by atoms with Crippen molar-refractivity contribution in [2.45, 2.75) is 31.5 Å². The van der Waals surface area contributed by atoms with Crippen LogP contribution in [0.15, 0.2) is 24.3 Å². The van der Waals surface area contributed by atoms with Crippen LogP contribution in [0.3, 0.4) is 0 Å². The highest BCUT2D eigenvalue weighted by Crippen LogP contribution is 2.25. The third kappa shape index (κ3) is 3.76. The zero-order valence-electron chi connectivity index (χ0n) is 15.2. The molecule has 0 amide bonds. The van der Waals surface area contributed by atoms with Gasteiger partial charge in [0.25, 0.3) is 0 Å². The molecule has 1 aromatic carbocycles. The smallest absolute Gasteiger partial charge is 0.214 e. The fourth-order valence-electron chi connectivity index (χ4n) is 4.07. The lowest BCUT2D eigenvalue weighted by molar-refractivity contribution is -1.02. The second-order valence-electron chi connectivity index (χ2n) is 7.42. The normalized spacial score (nSPS) is 27.5. The van der Waals surface area contributed by atoms with Crippen molar-refractivity contribution in [3.8, 4) is 0 Å². The predicted molar refractivity (Wildman–Crippen MR) is 97.4 cm³/mol. The van der Waals surface area contributed by atoms with Gasteiger partial charge in [-0.2, -0.15) is 0 Å². The molecule has 0 radical (unpaired) electrons. The molecular weight excluding hydrogens is 352 g/mol. The number of rotatable bonds is 5. The largest absolute Gasteiger partial charge is 0.376 e. The van der Waals surface area contributed by atoms with Gasteiger partial charge in [0, 0.05) is 12.2 Å². The minimum atomic E-state index is 0.0493. The molecule has 2 fully saturated rings. The van der Waals surface area contributed by atoms with Crippen molar-refractivity contribution in [2.75, 3.05) is 39.8 Å². The Kier molecular flexibility index (Phi) is 5.49. The monoisotopic (exact) mass is 378 g/mol. The van der Waals surface area contributed by atoms with Crippen LogP contribution in [0, 0.1) is 0 Å². The van der Waals surface area contributed by atoms with Gasteiger partial charge in [-0.05, 0) is 29.3 Å². The first kappa shape index (κ1) is 17.9. The van der Waals surface area contributed by atoms with Gasteiger partial charge in [0.2, 0.25) is 5.82 Å². The Morgan fingerprint density at radius 2 is 2.08 bits per heavy atom. The summed E-state index contributed by atoms with van der Waals surface area (Å²) in [5, 5.41) is 13.5. The van der Waals surface area contributed by atoms with Crippen LogP contribution >= 0.6 is 11.6 Å². The lowest BCUT2D eigenvalue weighted by Crippen LogP contribution is -3.27. The van der Waals surface area contributed by atoms with Crippen LogP contribution in [0.2, 0.25) is 5.02 Å². The summed E-state index contributed by atoms with van der Waals surface area (Å²) >= 11 is 6.59. The van der Waals surface area contributed by atoms with E-state index in [0.29, 0.717) is 6.54 Å². The van der Waals surface area contributed by atoms with Crippen LogP contribution in [-0.4, -0.2) is 66.1 Å². The van der Waals surface area contributed by atoms with Crippen LogP contribution in [0.5, 0.6) is 0 Å². The Hall–Kier alpha value is -1.54. The number of ether oxygens (including phenoxy) is 1. The Morgan fingerprint density at radius 1 is 1.27 bits per heavy atom. The first-order chi connectivity index (χ1) is 12.7. The maximum absolute atomic E-state index is 6.59. The zero-order valence-corrected chi connectivity index (χ0v) is 16.0. The Labute approximate surface area is 158 Å². The second kappa shape index (κ2) is 8.00. The fraction of sp³-hybridized carbons (Fsp3) is 0.611. The van der Waals surface area contributed by atoms with Gasteiger partial charge in [0.05, 0.1) is 24.7 Å². The number of benzene rings is 1. The molecule has 4 rings (SSSR count). The average molecular weight is 379 g/mol. The Bertz CT molecular complexity index is 724. The van der Waals surface area contributed by atoms with Crippen LogP contribution in [0.4, 0.5) is 0 Å². The number of nitrogens with one attached hydrogen (secondary N) is 2. The van der Waals surface area contributed by atoms with E-state index < -0.39 is 0 Å². The molecule has 3 heterocycles. The minimum Gasteiger partial charge on any atom is -0.376 e. The summed E-state index contributed by atoms with van der Waals surface area (Å²) in [7, 11) is 2.25. The second-order valence-corrected chi connectivity index (χ2v) is 7.83. The van der Waals surface area contributed by atoms with E-state index in [1.807, 2.05) is 22.9 Å². The van der Waals surface area contributed by atoms with Crippen molar-refractivity contribution in [2.24, 2.45) is 0 Å². The van der Waals surface area contributed by atoms with E-state index in [-0.39, 0.29) is 12.1 Å². The van der Waals surface area contributed by atoms with Gasteiger partial charge >= 0.3 is 0 Å². The minimum absolute atomic E-state index is 0.0493. The quantitative estimate of drug-likeness (QED) is 0.701. The molecule has 0 saturated carbocycles. The lowest BCUT2D eigenvalue weighted by atomic mass is 10.0. The van der Waals surface area contributed by atoms with Gasteiger partial charge in [-0.15, -0.1) is 5.10 Å². The molecule has 0 unspecified atom stereocenters. The van der Waals surface area contributed by atoms with Crippen molar-refractivity contribution < 1.29 is 14.5 Å². The molecule has 2 N–H and O–H groups in total. The number of aromatic nitrogens is 4. The summed E-state index contributed by atoms with van der Waals surface area (Å²) in [6, 6.07) is 8.13. The Balaban J connectivity index is 1.67. The van der Waals surface area contributed by atoms with Crippen molar-refractivity contribution in [1.82, 2.24) is 20.2 Å². The lowest BCUT2D eigenvalue weighted by Gasteiger charge is -2.33. The summed E-state index contributed by atoms with van der Waals surface area (Å²) in [4.78, 5) is 3.05. The number of halogens is 1. The molecule has 0 spiro atoms. The van der Waals surface area contributed by atoms with E-state index in [4.69, 9.17) is 16.3 Å². The van der Waals surface area contributed by atoms with E-state index in [2.05, 4.69) is 28.6 Å². The van der Waals surface area contributed by atoms with Gasteiger partial charge in [-0.3, -0.25) is 0 Å². The summed E-state index contributed by atoms with van der Waals surface area (Å²) in [6.07, 6.45) is 2.39. The maximum atomic E-state index is 6.59. The highest BCUT2D eigenvalue weighted by molar-refractivity contribution is 6.31. The first-order valence-corrected chi connectivity index (χ1v) is 9.88. The number of likely N-dealkylation sites (N-methyl/N-ethyl adjacent to an activating group) is 1. The molecule has 1 aromatic heterocycles. The van der Waals surface area contributed by atoms with E-state index in [1.165, 1.54) is 4.90 Å². The third-order valence-corrected chi connectivity index (χ3v) is 5.93. The summed E-state index contributed by atoms with van der Waals surface area (Å²) < 4.78 is 7.73. The van der Waals surface area contributed by atoms with Crippen molar-refractivity contribution in [3.05, 3.63) is 40.7 Å². The molecule has 2 aromatic rings. The van der Waals surface area contributed by atoms with Crippen LogP contribution < -0.4 is 9.80 Å². The fourth-order valence-corrected chi connectivity index (χ4v) is 4.31. The maximum Gasteiger partial charge on any atom is 0.214 e. The van der Waals surface area contributed by atoms with Gasteiger partial charge < -0.3 is 14.5 Å². The van der Waals surface area contributed by atoms with E-state index in [1.54, 1.807) is 4.90 Å². The molecular formula is C18H27ClN6O+2. The van der Waals surface area contributed by atoms with E-state index in [9.17, 15) is 0 Å². The Morgan fingerprint density at radius 3 is 2.81 bits per heavy atom. The molecule has 0 aliphatic carbocycles. The van der Waals surface area contributed by atoms with E-state index in [0.717, 1.165) is 62.0 Å². The number of tetrazole rings is 1. The average Bonchev–Trinajstić information content (AvgIpc) is 3.31. The number of piperazine rings is 1. The van der Waals surface area contributed by atoms with Crippen molar-refractivity contribution in [3.63, 3.8) is 0 Å². The van der Waals surface area contributed by atoms with Crippen LogP contribution in [0.1, 0.15) is 30.3 Å². The number of hydrogen-bond acceptors (Lipinski definition) is 4. The van der Waals surface area contributed by atoms with Crippen molar-refractivity contribution in [1.29, 1.82) is 0 Å². The zero-order chi connectivity index (χ0) is 17.9. The van der Waals surface area contributed by atoms with E-state index >= 15 is 0 Å². The van der Waals surface area contributed by atoms with Gasteiger partial charge in [0.1, 0.15) is 26.2 Å². The SMILES string of the molecule is C[NH+]1CC[NH+]([C@H](c2ccccc2Cl)c2nnnn2C[C@@H]2CCCO2)CC1. The topological polar surface area (TPSA) is 61.7 Å². The third-order valence-electron chi connectivity index (χ3n) is 5.59. The molecule has 2 atom stereocenters. The molecule has 2 aliphatic heterocycles. The standard InChI is InChI=1S/C18H25ClN6O/c1-23-8-10-24(11-9-23)17(15-6-2-3-7-16(15)19)18-20-21-22-25(18)13-14-5-4-12-26-14/h2-3,6-7,14,17H,4-5,8-13H2,1H3/p+2/t14-,17+/m0/s1. The summed E-state index contributed by atoms with van der Waals surface area (Å²) in [5.74, 6) is 0.892. The number of hydrogen-bond donors (Lipinski definition) is 2. The van der Waals surface area contributed by atoms with Gasteiger partial charge in [0.15, 0.2) is 6.04 Å². The molecule has 0 bridgehead atoms. The highest BCUT2D eigenvalue weighted by atomic mass is 35.5. The van der Waals surface area contributed by atoms with Crippen LogP contribution in [0.25, 0.3) is 0 Å². The number of nitrogens with zero attached hydrogens (tertiary/aromatic N) is 4. The summed E-state index contributed by atoms with van der Waals surface area (Å²) in [5.41, 5.74) is 1.10.